The van der Waals surface area contributed by atoms with Gasteiger partial charge in [-0.05, 0) is 24.6 Å². The molecule has 0 bridgehead atoms. The van der Waals surface area contributed by atoms with Crippen molar-refractivity contribution in [1.29, 1.82) is 5.41 Å². The summed E-state index contributed by atoms with van der Waals surface area (Å²) >= 11 is 0. The van der Waals surface area contributed by atoms with Crippen LogP contribution in [0.1, 0.15) is 12.0 Å². The number of rotatable bonds is 3. The molecule has 2 aromatic rings. The summed E-state index contributed by atoms with van der Waals surface area (Å²) in [5.41, 5.74) is -1.11. The zero-order valence-corrected chi connectivity index (χ0v) is 14.1. The van der Waals surface area contributed by atoms with Crippen LogP contribution in [0.15, 0.2) is 36.7 Å². The first kappa shape index (κ1) is 17.3. The molecule has 2 aliphatic heterocycles. The number of benzene rings is 1. The molecule has 0 spiro atoms. The maximum Gasteiger partial charge on any atom is 0.232 e. The third-order valence-electron chi connectivity index (χ3n) is 4.77. The molecule has 3 heterocycles. The van der Waals surface area contributed by atoms with Gasteiger partial charge in [0.25, 0.3) is 0 Å². The zero-order chi connectivity index (χ0) is 19.0. The Bertz CT molecular complexity index is 923. The Hall–Kier alpha value is -3.07. The van der Waals surface area contributed by atoms with Gasteiger partial charge >= 0.3 is 0 Å². The summed E-state index contributed by atoms with van der Waals surface area (Å²) in [6.45, 7) is 0.367. The van der Waals surface area contributed by atoms with E-state index in [9.17, 15) is 13.6 Å². The predicted octanol–water partition coefficient (Wildman–Crippen LogP) is 2.04. The highest BCUT2D eigenvalue weighted by molar-refractivity contribution is 6.00. The third-order valence-corrected chi connectivity index (χ3v) is 4.77. The lowest BCUT2D eigenvalue weighted by Gasteiger charge is -2.47. The van der Waals surface area contributed by atoms with E-state index in [4.69, 9.17) is 14.9 Å². The summed E-state index contributed by atoms with van der Waals surface area (Å²) in [5.74, 6) is -2.32. The largest absolute Gasteiger partial charge is 0.454 e. The van der Waals surface area contributed by atoms with Crippen LogP contribution in [0.4, 0.5) is 8.78 Å². The number of nitrogens with one attached hydrogen (secondary N) is 3. The average molecular weight is 374 g/mol. The highest BCUT2D eigenvalue weighted by atomic mass is 19.1. The van der Waals surface area contributed by atoms with Crippen molar-refractivity contribution in [3.05, 3.63) is 53.9 Å². The van der Waals surface area contributed by atoms with Crippen molar-refractivity contribution < 1.29 is 23.0 Å². The fourth-order valence-electron chi connectivity index (χ4n) is 3.54. The number of amides is 1. The molecule has 0 saturated carbocycles. The number of fused-ring (bicyclic) bond motifs is 1. The maximum absolute atomic E-state index is 14.8. The number of carbonyl (C=O) groups excluding carboxylic acids is 1. The molecule has 0 aliphatic carbocycles. The molecule has 9 heteroatoms. The van der Waals surface area contributed by atoms with Crippen molar-refractivity contribution in [2.24, 2.45) is 5.92 Å². The van der Waals surface area contributed by atoms with E-state index in [-0.39, 0.29) is 35.5 Å². The summed E-state index contributed by atoms with van der Waals surface area (Å²) in [7, 11) is 0. The van der Waals surface area contributed by atoms with Gasteiger partial charge < -0.3 is 14.8 Å². The van der Waals surface area contributed by atoms with Gasteiger partial charge in [-0.2, -0.15) is 0 Å². The summed E-state index contributed by atoms with van der Waals surface area (Å²) < 4.78 is 39.6. The van der Waals surface area contributed by atoms with E-state index < -0.39 is 23.1 Å². The smallest absolute Gasteiger partial charge is 0.232 e. The molecule has 1 aromatic carbocycles. The van der Waals surface area contributed by atoms with Gasteiger partial charge in [0, 0.05) is 24.4 Å². The highest BCUT2D eigenvalue weighted by Crippen LogP contribution is 2.40. The van der Waals surface area contributed by atoms with Crippen LogP contribution in [0.3, 0.4) is 0 Å². The van der Waals surface area contributed by atoms with E-state index in [1.54, 1.807) is 0 Å². The van der Waals surface area contributed by atoms with Crippen molar-refractivity contribution in [3.8, 4) is 11.5 Å². The van der Waals surface area contributed by atoms with Crippen molar-refractivity contribution in [2.45, 2.75) is 12.0 Å². The molecule has 2 aliphatic rings. The second-order valence-electron chi connectivity index (χ2n) is 6.40. The third kappa shape index (κ3) is 2.99. The fourth-order valence-corrected chi connectivity index (χ4v) is 3.54. The van der Waals surface area contributed by atoms with Gasteiger partial charge in [0.1, 0.15) is 17.1 Å². The Morgan fingerprint density at radius 3 is 2.96 bits per heavy atom. The molecule has 0 unspecified atom stereocenters. The lowest BCUT2D eigenvalue weighted by Crippen LogP contribution is -2.68. The number of carbonyl (C=O) groups is 1. The van der Waals surface area contributed by atoms with Gasteiger partial charge in [0.05, 0.1) is 18.7 Å². The number of halogens is 2. The molecule has 2 atom stereocenters. The van der Waals surface area contributed by atoms with Crippen LogP contribution >= 0.6 is 0 Å². The Morgan fingerprint density at radius 2 is 2.15 bits per heavy atom. The highest BCUT2D eigenvalue weighted by Gasteiger charge is 2.52. The average Bonchev–Trinajstić information content (AvgIpc) is 2.65. The summed E-state index contributed by atoms with van der Waals surface area (Å²) in [4.78, 5) is 16.0. The number of ether oxygens (including phenoxy) is 2. The van der Waals surface area contributed by atoms with E-state index in [0.29, 0.717) is 13.0 Å². The summed E-state index contributed by atoms with van der Waals surface area (Å²) in [6, 6.07) is 5.30. The van der Waals surface area contributed by atoms with E-state index >= 15 is 0 Å². The zero-order valence-electron chi connectivity index (χ0n) is 14.1. The van der Waals surface area contributed by atoms with Gasteiger partial charge in [-0.25, -0.2) is 8.78 Å². The first-order valence-corrected chi connectivity index (χ1v) is 8.32. The lowest BCUT2D eigenvalue weighted by molar-refractivity contribution is -0.134. The second-order valence-corrected chi connectivity index (χ2v) is 6.40. The van der Waals surface area contributed by atoms with Gasteiger partial charge in [0.2, 0.25) is 5.91 Å². The molecule has 1 amide bonds. The number of guanidine groups is 1. The minimum atomic E-state index is -1.24. The molecule has 7 nitrogen and oxygen atoms in total. The normalized spacial score (nSPS) is 24.6. The summed E-state index contributed by atoms with van der Waals surface area (Å²) in [5, 5.41) is 13.1. The predicted molar refractivity (Wildman–Crippen MR) is 90.3 cm³/mol. The van der Waals surface area contributed by atoms with Crippen LogP contribution in [0.5, 0.6) is 11.5 Å². The van der Waals surface area contributed by atoms with E-state index in [0.717, 1.165) is 6.20 Å². The van der Waals surface area contributed by atoms with Crippen LogP contribution in [0.2, 0.25) is 0 Å². The minimum absolute atomic E-state index is 0.0114. The fraction of sp³-hybridized carbons (Fsp3) is 0.278. The first-order chi connectivity index (χ1) is 13.0. The van der Waals surface area contributed by atoms with Gasteiger partial charge in [-0.15, -0.1) is 0 Å². The van der Waals surface area contributed by atoms with Crippen molar-refractivity contribution in [2.75, 3.05) is 13.2 Å². The number of hydrogen-bond acceptors (Lipinski definition) is 5. The molecule has 2 fully saturated rings. The van der Waals surface area contributed by atoms with Gasteiger partial charge in [0.15, 0.2) is 17.5 Å². The van der Waals surface area contributed by atoms with E-state index in [1.807, 2.05) is 0 Å². The van der Waals surface area contributed by atoms with Gasteiger partial charge in [-0.3, -0.25) is 20.5 Å². The van der Waals surface area contributed by atoms with Crippen molar-refractivity contribution in [3.63, 3.8) is 0 Å². The SMILES string of the molecule is N=C1NC(=O)[C@@H]2CCOC[C@]2(c2cc(Oc3ccncc3F)ccc2F)N1. The molecule has 2 saturated heterocycles. The Kier molecular flexibility index (Phi) is 4.23. The van der Waals surface area contributed by atoms with Crippen LogP contribution < -0.4 is 15.4 Å². The monoisotopic (exact) mass is 374 g/mol. The molecule has 4 rings (SSSR count). The minimum Gasteiger partial charge on any atom is -0.454 e. The van der Waals surface area contributed by atoms with Crippen molar-refractivity contribution >= 4 is 11.9 Å². The molecule has 3 N–H and O–H groups in total. The standard InChI is InChI=1S/C18H16F2N4O3/c19-13-2-1-10(27-15-3-5-22-8-14(15)20)7-12(13)18-9-26-6-4-11(18)16(25)23-17(21)24-18/h1-3,5,7-8,11H,4,6,9H2,(H3,21,23,24,25)/t11-,18-/m0/s1. The molecular weight excluding hydrogens is 358 g/mol. The molecular formula is C18H16F2N4O3. The van der Waals surface area contributed by atoms with E-state index in [2.05, 4.69) is 15.6 Å². The van der Waals surface area contributed by atoms with E-state index in [1.165, 1.54) is 30.5 Å². The second kappa shape index (κ2) is 6.58. The molecule has 1 aromatic heterocycles. The Balaban J connectivity index is 1.76. The lowest BCUT2D eigenvalue weighted by atomic mass is 9.73. The number of nitrogens with zero attached hydrogens (tertiary/aromatic N) is 1. The van der Waals surface area contributed by atoms with Gasteiger partial charge in [-0.1, -0.05) is 0 Å². The van der Waals surface area contributed by atoms with Crippen LogP contribution in [-0.2, 0) is 15.1 Å². The Labute approximate surface area is 153 Å². The van der Waals surface area contributed by atoms with Crippen molar-refractivity contribution in [1.82, 2.24) is 15.6 Å². The quantitative estimate of drug-likeness (QED) is 0.764. The van der Waals surface area contributed by atoms with Crippen LogP contribution in [0.25, 0.3) is 0 Å². The molecule has 140 valence electrons. The molecule has 27 heavy (non-hydrogen) atoms. The maximum atomic E-state index is 14.8. The number of hydrogen-bond donors (Lipinski definition) is 3. The van der Waals surface area contributed by atoms with Crippen LogP contribution in [0, 0.1) is 23.0 Å². The topological polar surface area (TPSA) is 96.3 Å². The molecule has 0 radical (unpaired) electrons. The van der Waals surface area contributed by atoms with Crippen LogP contribution in [-0.4, -0.2) is 30.1 Å². The Morgan fingerprint density at radius 1 is 1.30 bits per heavy atom. The number of pyridine rings is 1. The summed E-state index contributed by atoms with van der Waals surface area (Å²) in [6.07, 6.45) is 2.76. The number of aromatic nitrogens is 1. The first-order valence-electron chi connectivity index (χ1n) is 8.32.